The van der Waals surface area contributed by atoms with E-state index in [0.717, 1.165) is 17.4 Å². The first-order valence-electron chi connectivity index (χ1n) is 15.5. The number of benzene rings is 1. The summed E-state index contributed by atoms with van der Waals surface area (Å²) in [5.41, 5.74) is 0.274. The summed E-state index contributed by atoms with van der Waals surface area (Å²) in [7, 11) is 0. The Balaban J connectivity index is 1.56. The van der Waals surface area contributed by atoms with Gasteiger partial charge in [0.25, 0.3) is 11.8 Å². The molecule has 2 saturated heterocycles. The number of aliphatic carboxylic acids is 1. The Morgan fingerprint density at radius 3 is 2.40 bits per heavy atom. The molecule has 3 heterocycles. The highest BCUT2D eigenvalue weighted by Crippen LogP contribution is 2.30. The van der Waals surface area contributed by atoms with Gasteiger partial charge in [0.15, 0.2) is 6.61 Å². The van der Waals surface area contributed by atoms with Crippen LogP contribution in [0.5, 0.6) is 5.75 Å². The number of aryl methyl sites for hydroxylation is 1. The Labute approximate surface area is 270 Å². The predicted molar refractivity (Wildman–Crippen MR) is 164 cm³/mol. The van der Waals surface area contributed by atoms with Gasteiger partial charge >= 0.3 is 12.1 Å². The number of ether oxygens (including phenoxy) is 1. The van der Waals surface area contributed by atoms with E-state index in [1.807, 2.05) is 6.92 Å². The Morgan fingerprint density at radius 1 is 1.04 bits per heavy atom. The number of rotatable bonds is 12. The van der Waals surface area contributed by atoms with Gasteiger partial charge in [-0.05, 0) is 50.3 Å². The lowest BCUT2D eigenvalue weighted by atomic mass is 10.1. The molecule has 2 fully saturated rings. The number of carboxylic acids is 1. The number of likely N-dealkylation sites (tertiary alicyclic amines) is 1. The molecular weight excluding hydrogens is 619 g/mol. The van der Waals surface area contributed by atoms with E-state index in [-0.39, 0.29) is 60.9 Å². The Kier molecular flexibility index (Phi) is 11.5. The molecule has 0 bridgehead atoms. The molecule has 5 amide bonds. The topological polar surface area (TPSA) is 199 Å². The summed E-state index contributed by atoms with van der Waals surface area (Å²) in [5, 5.41) is 23.7. The summed E-state index contributed by atoms with van der Waals surface area (Å²) in [6.45, 7) is 4.04. The molecule has 2 aliphatic heterocycles. The van der Waals surface area contributed by atoms with Crippen LogP contribution in [0.15, 0.2) is 18.2 Å². The highest BCUT2D eigenvalue weighted by molar-refractivity contribution is 6.00. The van der Waals surface area contributed by atoms with Crippen molar-refractivity contribution in [1.82, 2.24) is 30.3 Å². The molecule has 4 rings (SSSR count). The standard InChI is InChI=1S/C31H39FN6O9/c1-3-8-33-29(43)23-5-4-9-38(23)25(39)17-47-24-16-22(34-21-15-18(2)14-19(32)27(21)24)28(42)35-20(6-7-26(40)41)30(44)36-10-12-37(13-11-36)31(45)46/h14-16,20,23H,3-13,17H2,1-2H3,(H,33,43)(H,35,42)(H,40,41)(H,45,46)/t20-,23-/m0/s1. The van der Waals surface area contributed by atoms with Crippen LogP contribution < -0.4 is 15.4 Å². The average molecular weight is 659 g/mol. The second kappa shape index (κ2) is 15.5. The third kappa shape index (κ3) is 8.62. The molecule has 0 unspecified atom stereocenters. The maximum Gasteiger partial charge on any atom is 0.407 e. The summed E-state index contributed by atoms with van der Waals surface area (Å²) in [4.78, 5) is 83.4. The van der Waals surface area contributed by atoms with Crippen molar-refractivity contribution in [2.75, 3.05) is 45.9 Å². The van der Waals surface area contributed by atoms with Gasteiger partial charge in [-0.3, -0.25) is 24.0 Å². The van der Waals surface area contributed by atoms with Crippen LogP contribution in [0, 0.1) is 12.7 Å². The number of carbonyl (C=O) groups is 6. The molecule has 1 aromatic heterocycles. The first-order valence-corrected chi connectivity index (χ1v) is 15.5. The number of carbonyl (C=O) groups excluding carboxylic acids is 4. The normalized spacial score (nSPS) is 16.9. The molecule has 15 nitrogen and oxygen atoms in total. The van der Waals surface area contributed by atoms with Crippen LogP contribution in [-0.2, 0) is 19.2 Å². The Hall–Kier alpha value is -5.02. The summed E-state index contributed by atoms with van der Waals surface area (Å²) < 4.78 is 21.0. The van der Waals surface area contributed by atoms with Crippen LogP contribution >= 0.6 is 0 Å². The first kappa shape index (κ1) is 34.8. The molecule has 47 heavy (non-hydrogen) atoms. The van der Waals surface area contributed by atoms with Gasteiger partial charge < -0.3 is 40.3 Å². The lowest BCUT2D eigenvalue weighted by molar-refractivity contribution is -0.140. The Bertz CT molecular complexity index is 1550. The molecule has 2 aliphatic rings. The number of carboxylic acid groups (broad SMARTS) is 2. The molecular formula is C31H39FN6O9. The van der Waals surface area contributed by atoms with Gasteiger partial charge in [0.1, 0.15) is 29.3 Å². The maximum atomic E-state index is 15.2. The minimum atomic E-state index is -1.28. The fraction of sp³-hybridized carbons (Fsp3) is 0.516. The maximum absolute atomic E-state index is 15.2. The second-order valence-electron chi connectivity index (χ2n) is 11.5. The number of nitrogens with one attached hydrogen (secondary N) is 2. The quantitative estimate of drug-likeness (QED) is 0.258. The molecule has 0 aliphatic carbocycles. The first-order chi connectivity index (χ1) is 22.4. The summed E-state index contributed by atoms with van der Waals surface area (Å²) >= 11 is 0. The van der Waals surface area contributed by atoms with Gasteiger partial charge in [-0.15, -0.1) is 0 Å². The van der Waals surface area contributed by atoms with E-state index >= 15 is 4.39 Å². The fourth-order valence-electron chi connectivity index (χ4n) is 5.67. The van der Waals surface area contributed by atoms with Crippen molar-refractivity contribution in [1.29, 1.82) is 0 Å². The highest BCUT2D eigenvalue weighted by atomic mass is 19.1. The predicted octanol–water partition coefficient (Wildman–Crippen LogP) is 1.36. The van der Waals surface area contributed by atoms with E-state index in [2.05, 4.69) is 15.6 Å². The van der Waals surface area contributed by atoms with Crippen LogP contribution in [0.3, 0.4) is 0 Å². The second-order valence-corrected chi connectivity index (χ2v) is 11.5. The molecule has 0 radical (unpaired) electrons. The van der Waals surface area contributed by atoms with E-state index in [9.17, 15) is 39.0 Å². The summed E-state index contributed by atoms with van der Waals surface area (Å²) in [6.07, 6.45) is 0.0497. The number of aromatic nitrogens is 1. The number of piperazine rings is 1. The van der Waals surface area contributed by atoms with Crippen molar-refractivity contribution in [3.63, 3.8) is 0 Å². The Morgan fingerprint density at radius 2 is 1.74 bits per heavy atom. The molecule has 1 aromatic carbocycles. The largest absolute Gasteiger partial charge is 0.483 e. The van der Waals surface area contributed by atoms with Crippen molar-refractivity contribution in [3.8, 4) is 5.75 Å². The number of pyridine rings is 1. The molecule has 4 N–H and O–H groups in total. The molecule has 0 spiro atoms. The average Bonchev–Trinajstić information content (AvgIpc) is 3.54. The van der Waals surface area contributed by atoms with E-state index < -0.39 is 60.7 Å². The summed E-state index contributed by atoms with van der Waals surface area (Å²) in [5.74, 6) is -4.26. The number of hydrogen-bond acceptors (Lipinski definition) is 8. The number of amides is 5. The number of hydrogen-bond donors (Lipinski definition) is 4. The van der Waals surface area contributed by atoms with Crippen molar-refractivity contribution in [2.45, 2.75) is 58.0 Å². The van der Waals surface area contributed by atoms with Crippen molar-refractivity contribution in [2.24, 2.45) is 0 Å². The van der Waals surface area contributed by atoms with Gasteiger partial charge in [0, 0.05) is 51.8 Å². The van der Waals surface area contributed by atoms with Crippen LogP contribution in [0.1, 0.15) is 55.1 Å². The monoisotopic (exact) mass is 658 g/mol. The molecule has 2 aromatic rings. The fourth-order valence-corrected chi connectivity index (χ4v) is 5.67. The van der Waals surface area contributed by atoms with Gasteiger partial charge in [-0.1, -0.05) is 6.92 Å². The number of fused-ring (bicyclic) bond motifs is 1. The van der Waals surface area contributed by atoms with E-state index in [0.29, 0.717) is 31.5 Å². The highest BCUT2D eigenvalue weighted by Gasteiger charge is 2.35. The van der Waals surface area contributed by atoms with Gasteiger partial charge in [0.2, 0.25) is 11.8 Å². The van der Waals surface area contributed by atoms with Crippen molar-refractivity contribution in [3.05, 3.63) is 35.3 Å². The zero-order valence-electron chi connectivity index (χ0n) is 26.3. The summed E-state index contributed by atoms with van der Waals surface area (Å²) in [6, 6.07) is 1.98. The van der Waals surface area contributed by atoms with Crippen LogP contribution in [0.25, 0.3) is 10.9 Å². The smallest absolute Gasteiger partial charge is 0.407 e. The van der Waals surface area contributed by atoms with Crippen molar-refractivity contribution >= 4 is 46.6 Å². The van der Waals surface area contributed by atoms with E-state index in [4.69, 9.17) is 4.74 Å². The molecule has 16 heteroatoms. The minimum Gasteiger partial charge on any atom is -0.483 e. The van der Waals surface area contributed by atoms with Gasteiger partial charge in [0.05, 0.1) is 10.9 Å². The van der Waals surface area contributed by atoms with Crippen molar-refractivity contribution < 1.29 is 48.1 Å². The third-order valence-electron chi connectivity index (χ3n) is 8.09. The SMILES string of the molecule is CCCNC(=O)[C@@H]1CCCN1C(=O)COc1cc(C(=O)N[C@@H](CCC(=O)O)C(=O)N2CCN(C(=O)O)CC2)nc2cc(C)cc(F)c12. The zero-order valence-corrected chi connectivity index (χ0v) is 26.3. The van der Waals surface area contributed by atoms with E-state index in [1.54, 1.807) is 6.92 Å². The van der Waals surface area contributed by atoms with E-state index in [1.165, 1.54) is 21.9 Å². The van der Waals surface area contributed by atoms with Gasteiger partial charge in [-0.2, -0.15) is 0 Å². The number of halogens is 1. The van der Waals surface area contributed by atoms with Gasteiger partial charge in [-0.25, -0.2) is 14.2 Å². The minimum absolute atomic E-state index is 0.0498. The molecule has 254 valence electrons. The lowest BCUT2D eigenvalue weighted by Gasteiger charge is -2.35. The van der Waals surface area contributed by atoms with Crippen LogP contribution in [-0.4, -0.2) is 124 Å². The third-order valence-corrected chi connectivity index (χ3v) is 8.09. The van der Waals surface area contributed by atoms with Crippen LogP contribution in [0.4, 0.5) is 9.18 Å². The molecule has 2 atom stereocenters. The molecule has 0 saturated carbocycles. The number of nitrogens with zero attached hydrogens (tertiary/aromatic N) is 4. The lowest BCUT2D eigenvalue weighted by Crippen LogP contribution is -2.55. The zero-order chi connectivity index (χ0) is 34.2. The van der Waals surface area contributed by atoms with Crippen LogP contribution in [0.2, 0.25) is 0 Å².